The van der Waals surface area contributed by atoms with Crippen molar-refractivity contribution in [2.45, 2.75) is 32.9 Å². The van der Waals surface area contributed by atoms with Crippen LogP contribution in [0.3, 0.4) is 0 Å². The zero-order chi connectivity index (χ0) is 27.8. The van der Waals surface area contributed by atoms with E-state index in [0.29, 0.717) is 36.8 Å². The van der Waals surface area contributed by atoms with Crippen molar-refractivity contribution >= 4 is 17.5 Å². The number of nitrogens with zero attached hydrogens (tertiary/aromatic N) is 3. The molecular formula is C31H34ClFN4O2. The topological polar surface area (TPSA) is 73.4 Å². The second-order valence-electron chi connectivity index (χ2n) is 9.77. The van der Waals surface area contributed by atoms with Gasteiger partial charge in [0.25, 0.3) is 5.91 Å². The van der Waals surface area contributed by atoms with Crippen LogP contribution in [-0.2, 0) is 11.3 Å². The quantitative estimate of drug-likeness (QED) is 0.224. The predicted molar refractivity (Wildman–Crippen MR) is 153 cm³/mol. The molecule has 2 N–H and O–H groups in total. The summed E-state index contributed by atoms with van der Waals surface area (Å²) in [6, 6.07) is 23.0. The average molecular weight is 549 g/mol. The number of benzene rings is 3. The third kappa shape index (κ3) is 7.46. The lowest BCUT2D eigenvalue weighted by Crippen LogP contribution is -2.42. The minimum Gasteiger partial charge on any atom is -0.484 e. The van der Waals surface area contributed by atoms with Gasteiger partial charge in [-0.05, 0) is 60.8 Å². The normalized spacial score (nSPS) is 11.9. The second-order valence-corrected chi connectivity index (χ2v) is 10.2. The third-order valence-corrected chi connectivity index (χ3v) is 6.69. The van der Waals surface area contributed by atoms with Crippen molar-refractivity contribution in [3.05, 3.63) is 107 Å². The maximum Gasteiger partial charge on any atom is 0.261 e. The molecule has 0 radical (unpaired) electrons. The van der Waals surface area contributed by atoms with E-state index < -0.39 is 0 Å². The van der Waals surface area contributed by atoms with E-state index in [2.05, 4.69) is 30.5 Å². The lowest BCUT2D eigenvalue weighted by atomic mass is 10.0. The van der Waals surface area contributed by atoms with Crippen LogP contribution in [0, 0.1) is 11.7 Å². The Labute approximate surface area is 234 Å². The number of amides is 1. The fourth-order valence-electron chi connectivity index (χ4n) is 4.60. The van der Waals surface area contributed by atoms with E-state index in [-0.39, 0.29) is 30.3 Å². The average Bonchev–Trinajstić information content (AvgIpc) is 3.33. The van der Waals surface area contributed by atoms with Crippen molar-refractivity contribution < 1.29 is 13.9 Å². The van der Waals surface area contributed by atoms with E-state index in [1.807, 2.05) is 53.6 Å². The van der Waals surface area contributed by atoms with Crippen molar-refractivity contribution in [3.63, 3.8) is 0 Å². The molecule has 0 aliphatic rings. The summed E-state index contributed by atoms with van der Waals surface area (Å²) >= 11 is 6.29. The van der Waals surface area contributed by atoms with Gasteiger partial charge in [0.2, 0.25) is 0 Å². The molecule has 0 bridgehead atoms. The number of hydrogen-bond donors (Lipinski definition) is 1. The van der Waals surface area contributed by atoms with Gasteiger partial charge in [-0.1, -0.05) is 67.9 Å². The van der Waals surface area contributed by atoms with Gasteiger partial charge >= 0.3 is 0 Å². The molecule has 0 fully saturated rings. The Morgan fingerprint density at radius 1 is 1.08 bits per heavy atom. The van der Waals surface area contributed by atoms with E-state index in [0.717, 1.165) is 22.6 Å². The van der Waals surface area contributed by atoms with E-state index in [9.17, 15) is 9.18 Å². The number of aromatic nitrogens is 2. The van der Waals surface area contributed by atoms with Crippen LogP contribution in [0.4, 0.5) is 4.39 Å². The maximum atomic E-state index is 13.6. The number of carbonyl (C=O) groups is 1. The van der Waals surface area contributed by atoms with Crippen LogP contribution in [0.15, 0.2) is 85.1 Å². The molecule has 4 rings (SSSR count). The summed E-state index contributed by atoms with van der Waals surface area (Å²) in [4.78, 5) is 20.5. The molecule has 204 valence electrons. The van der Waals surface area contributed by atoms with Crippen molar-refractivity contribution in [1.29, 1.82) is 0 Å². The highest BCUT2D eigenvalue weighted by atomic mass is 35.5. The summed E-state index contributed by atoms with van der Waals surface area (Å²) in [6.45, 7) is 5.47. The van der Waals surface area contributed by atoms with Gasteiger partial charge in [-0.2, -0.15) is 0 Å². The molecule has 4 aromatic rings. The molecule has 0 aliphatic carbocycles. The fourth-order valence-corrected chi connectivity index (χ4v) is 4.79. The Morgan fingerprint density at radius 3 is 2.49 bits per heavy atom. The molecule has 8 heteroatoms. The molecule has 39 heavy (non-hydrogen) atoms. The lowest BCUT2D eigenvalue weighted by Gasteiger charge is -2.34. The molecule has 1 heterocycles. The van der Waals surface area contributed by atoms with Gasteiger partial charge in [-0.15, -0.1) is 0 Å². The first-order valence-corrected chi connectivity index (χ1v) is 13.5. The van der Waals surface area contributed by atoms with Crippen LogP contribution in [0.1, 0.15) is 37.7 Å². The van der Waals surface area contributed by atoms with Gasteiger partial charge in [-0.25, -0.2) is 9.37 Å². The van der Waals surface area contributed by atoms with Gasteiger partial charge in [0.15, 0.2) is 6.61 Å². The van der Waals surface area contributed by atoms with E-state index in [1.54, 1.807) is 0 Å². The van der Waals surface area contributed by atoms with Crippen molar-refractivity contribution in [2.24, 2.45) is 11.7 Å². The number of ether oxygens (including phenoxy) is 1. The summed E-state index contributed by atoms with van der Waals surface area (Å²) in [6.07, 6.45) is 2.65. The molecule has 6 nitrogen and oxygen atoms in total. The van der Waals surface area contributed by atoms with Crippen LogP contribution in [-0.4, -0.2) is 40.1 Å². The summed E-state index contributed by atoms with van der Waals surface area (Å²) in [5.41, 5.74) is 8.66. The molecule has 3 aromatic carbocycles. The molecule has 1 amide bonds. The fraction of sp³-hybridized carbons (Fsp3) is 0.290. The maximum absolute atomic E-state index is 13.6. The molecule has 1 unspecified atom stereocenters. The second kappa shape index (κ2) is 13.4. The first-order chi connectivity index (χ1) is 18.9. The van der Waals surface area contributed by atoms with Crippen LogP contribution in [0.25, 0.3) is 11.3 Å². The first kappa shape index (κ1) is 28.3. The molecule has 1 atom stereocenters. The first-order valence-electron chi connectivity index (χ1n) is 13.1. The summed E-state index contributed by atoms with van der Waals surface area (Å²) in [7, 11) is 0. The summed E-state index contributed by atoms with van der Waals surface area (Å²) in [5, 5.41) is 0.629. The Hall–Kier alpha value is -3.68. The van der Waals surface area contributed by atoms with Gasteiger partial charge in [-0.3, -0.25) is 4.79 Å². The largest absolute Gasteiger partial charge is 0.484 e. The molecular weight excluding hydrogens is 515 g/mol. The molecule has 0 spiro atoms. The Morgan fingerprint density at radius 2 is 1.82 bits per heavy atom. The van der Waals surface area contributed by atoms with Gasteiger partial charge in [0.1, 0.15) is 17.4 Å². The van der Waals surface area contributed by atoms with E-state index in [1.165, 1.54) is 24.3 Å². The summed E-state index contributed by atoms with van der Waals surface area (Å²) < 4.78 is 21.2. The van der Waals surface area contributed by atoms with E-state index >= 15 is 0 Å². The number of carbonyl (C=O) groups excluding carboxylic acids is 1. The van der Waals surface area contributed by atoms with Crippen LogP contribution >= 0.6 is 11.6 Å². The van der Waals surface area contributed by atoms with Crippen LogP contribution in [0.5, 0.6) is 5.75 Å². The Bertz CT molecular complexity index is 1360. The van der Waals surface area contributed by atoms with Crippen molar-refractivity contribution in [1.82, 2.24) is 14.5 Å². The molecule has 1 aromatic heterocycles. The monoisotopic (exact) mass is 548 g/mol. The number of imidazole rings is 1. The highest BCUT2D eigenvalue weighted by molar-refractivity contribution is 6.30. The van der Waals surface area contributed by atoms with E-state index in [4.69, 9.17) is 27.1 Å². The molecule has 0 saturated carbocycles. The Kier molecular flexibility index (Phi) is 9.74. The molecule has 0 saturated heterocycles. The molecule has 0 aliphatic heterocycles. The minimum atomic E-state index is -0.362. The van der Waals surface area contributed by atoms with Gasteiger partial charge in [0.05, 0.1) is 11.7 Å². The number of hydrogen-bond acceptors (Lipinski definition) is 4. The highest BCUT2D eigenvalue weighted by Crippen LogP contribution is 2.32. The number of nitrogens with two attached hydrogens (primary N) is 1. The number of halogens is 2. The minimum absolute atomic E-state index is 0.0432. The highest BCUT2D eigenvalue weighted by Gasteiger charge is 2.32. The Balaban J connectivity index is 1.71. The van der Waals surface area contributed by atoms with Gasteiger partial charge < -0.3 is 19.9 Å². The zero-order valence-corrected chi connectivity index (χ0v) is 23.0. The predicted octanol–water partition coefficient (Wildman–Crippen LogP) is 6.34. The lowest BCUT2D eigenvalue weighted by molar-refractivity contribution is -0.137. The smallest absolute Gasteiger partial charge is 0.261 e. The van der Waals surface area contributed by atoms with Crippen molar-refractivity contribution in [3.8, 4) is 17.0 Å². The van der Waals surface area contributed by atoms with Crippen LogP contribution < -0.4 is 10.5 Å². The zero-order valence-electron chi connectivity index (χ0n) is 22.3. The van der Waals surface area contributed by atoms with Crippen LogP contribution in [0.2, 0.25) is 5.02 Å². The summed E-state index contributed by atoms with van der Waals surface area (Å²) in [5.74, 6) is 0.694. The standard InChI is InChI=1S/C31H34ClFN4O2/c1-22(2)30(37(17-7-16-34)29(38)21-39-27-14-12-26(33)13-15-27)31-35-28(24-10-6-11-25(32)18-24)20-36(31)19-23-8-4-3-5-9-23/h3-6,8-15,18,20,22,30H,7,16-17,19,21,34H2,1-2H3. The van der Waals surface area contributed by atoms with Gasteiger partial charge in [0, 0.05) is 29.9 Å². The SMILES string of the molecule is CC(C)C(c1nc(-c2cccc(Cl)c2)cn1Cc1ccccc1)N(CCCN)C(=O)COc1ccc(F)cc1. The van der Waals surface area contributed by atoms with Crippen molar-refractivity contribution in [2.75, 3.05) is 19.7 Å². The third-order valence-electron chi connectivity index (χ3n) is 6.45. The number of rotatable bonds is 12.